The van der Waals surface area contributed by atoms with Crippen molar-refractivity contribution in [1.29, 1.82) is 0 Å². The molecule has 1 aliphatic carbocycles. The van der Waals surface area contributed by atoms with Crippen molar-refractivity contribution in [1.82, 2.24) is 0 Å². The van der Waals surface area contributed by atoms with E-state index in [0.29, 0.717) is 0 Å². The number of rotatable bonds is 2. The Morgan fingerprint density at radius 1 is 0.917 bits per heavy atom. The second-order valence-corrected chi connectivity index (χ2v) is 5.71. The Kier molecular flexibility index (Phi) is 3.54. The smallest absolute Gasteiger partial charge is 0.137 e. The summed E-state index contributed by atoms with van der Waals surface area (Å²) in [5.41, 5.74) is 5.36. The molecule has 0 saturated carbocycles. The van der Waals surface area contributed by atoms with Gasteiger partial charge in [-0.2, -0.15) is 0 Å². The first kappa shape index (κ1) is 14.5. The van der Waals surface area contributed by atoms with Crippen LogP contribution in [0.1, 0.15) is 0 Å². The van der Waals surface area contributed by atoms with Crippen LogP contribution in [0.15, 0.2) is 76.1 Å². The molecule has 1 aliphatic heterocycles. The summed E-state index contributed by atoms with van der Waals surface area (Å²) in [6.07, 6.45) is 0. The minimum absolute atomic E-state index is 0.845. The maximum atomic E-state index is 6.19. The number of hydrogen-bond acceptors (Lipinski definition) is 3. The van der Waals surface area contributed by atoms with Crippen LogP contribution in [-0.4, -0.2) is 14.1 Å². The van der Waals surface area contributed by atoms with Gasteiger partial charge in [0.2, 0.25) is 0 Å². The van der Waals surface area contributed by atoms with E-state index in [-0.39, 0.29) is 0 Å². The van der Waals surface area contributed by atoms with E-state index in [2.05, 4.69) is 52.8 Å². The molecule has 0 fully saturated rings. The van der Waals surface area contributed by atoms with Crippen LogP contribution in [0.25, 0.3) is 33.4 Å². The fourth-order valence-corrected chi connectivity index (χ4v) is 3.09. The Morgan fingerprint density at radius 3 is 2.50 bits per heavy atom. The highest BCUT2D eigenvalue weighted by molar-refractivity contribution is 6.02. The predicted molar refractivity (Wildman–Crippen MR) is 99.3 cm³/mol. The molecule has 1 heterocycles. The third-order valence-electron chi connectivity index (χ3n) is 4.31. The maximum Gasteiger partial charge on any atom is 0.137 e. The van der Waals surface area contributed by atoms with E-state index in [9.17, 15) is 0 Å². The normalized spacial score (nSPS) is 12.0. The minimum atomic E-state index is 0.845. The molecule has 0 unspecified atom stereocenters. The van der Waals surface area contributed by atoms with Crippen molar-refractivity contribution in [3.05, 3.63) is 72.1 Å². The molecule has 0 atom stereocenters. The first-order valence-corrected chi connectivity index (χ1v) is 7.97. The number of fused-ring (bicyclic) bond motifs is 2. The number of anilines is 1. The van der Waals surface area contributed by atoms with Gasteiger partial charge in [-0.1, -0.05) is 30.3 Å². The number of benzene rings is 3. The van der Waals surface area contributed by atoms with E-state index in [1.54, 1.807) is 7.05 Å². The highest BCUT2D eigenvalue weighted by Gasteiger charge is 2.16. The minimum Gasteiger partial charge on any atom is -0.456 e. The van der Waals surface area contributed by atoms with Gasteiger partial charge in [-0.15, -0.1) is 0 Å². The molecule has 118 valence electrons. The Bertz CT molecular complexity index is 1050. The third kappa shape index (κ3) is 2.35. The van der Waals surface area contributed by atoms with Crippen molar-refractivity contribution in [2.45, 2.75) is 0 Å². The van der Waals surface area contributed by atoms with Crippen molar-refractivity contribution >= 4 is 16.7 Å². The summed E-state index contributed by atoms with van der Waals surface area (Å²) in [6.45, 7) is 0. The lowest BCUT2D eigenvalue weighted by molar-refractivity contribution is 0.619. The van der Waals surface area contributed by atoms with Crippen molar-refractivity contribution in [2.75, 3.05) is 19.4 Å². The summed E-state index contributed by atoms with van der Waals surface area (Å²) >= 11 is 0. The molecule has 0 radical (unpaired) electrons. The molecule has 3 nitrogen and oxygen atoms in total. The van der Waals surface area contributed by atoms with E-state index < -0.39 is 0 Å². The largest absolute Gasteiger partial charge is 0.456 e. The number of hydrogen-bond donors (Lipinski definition) is 1. The van der Waals surface area contributed by atoms with E-state index in [0.717, 1.165) is 33.3 Å². The molecule has 24 heavy (non-hydrogen) atoms. The van der Waals surface area contributed by atoms with Crippen LogP contribution in [0.4, 0.5) is 5.69 Å². The molecule has 2 aromatic rings. The van der Waals surface area contributed by atoms with Crippen LogP contribution in [0.2, 0.25) is 0 Å². The summed E-state index contributed by atoms with van der Waals surface area (Å²) in [6, 6.07) is 22.8. The lowest BCUT2D eigenvalue weighted by Crippen LogP contribution is -2.02. The quantitative estimate of drug-likeness (QED) is 0.541. The Hall–Kier alpha value is -3.07. The first-order chi connectivity index (χ1) is 11.8. The van der Waals surface area contributed by atoms with Crippen molar-refractivity contribution in [3.8, 4) is 22.5 Å². The van der Waals surface area contributed by atoms with Gasteiger partial charge in [0, 0.05) is 48.4 Å². The molecule has 1 N–H and O–H groups in total. The van der Waals surface area contributed by atoms with Crippen molar-refractivity contribution in [2.24, 2.45) is 4.99 Å². The van der Waals surface area contributed by atoms with Gasteiger partial charge >= 0.3 is 0 Å². The standard InChI is InChI=1S/C21H18N2O/c1-22-15-8-10-17-19(12-15)24-20-13-16(23-2)9-11-18(20)21(17)14-6-4-3-5-7-14/h3-13,22H,1-2H3. The Labute approximate surface area is 140 Å². The fraction of sp³-hybridized carbons (Fsp3) is 0.0952. The van der Waals surface area contributed by atoms with Crippen LogP contribution in [0.5, 0.6) is 0 Å². The van der Waals surface area contributed by atoms with Crippen LogP contribution < -0.4 is 10.7 Å². The van der Waals surface area contributed by atoms with Gasteiger partial charge < -0.3 is 9.73 Å². The second kappa shape index (κ2) is 5.85. The number of nitrogens with one attached hydrogen (secondary N) is 1. The van der Waals surface area contributed by atoms with E-state index in [4.69, 9.17) is 4.42 Å². The zero-order valence-electron chi connectivity index (χ0n) is 13.7. The summed E-state index contributed by atoms with van der Waals surface area (Å²) in [7, 11) is 3.70. The molecule has 4 rings (SSSR count). The first-order valence-electron chi connectivity index (χ1n) is 7.97. The molecule has 0 saturated heterocycles. The van der Waals surface area contributed by atoms with Gasteiger partial charge in [-0.3, -0.25) is 4.99 Å². The molecular formula is C21H18N2O. The van der Waals surface area contributed by atoms with Gasteiger partial charge in [0.25, 0.3) is 0 Å². The Morgan fingerprint density at radius 2 is 1.75 bits per heavy atom. The monoisotopic (exact) mass is 314 g/mol. The molecule has 0 bridgehead atoms. The van der Waals surface area contributed by atoms with Crippen LogP contribution in [-0.2, 0) is 0 Å². The lowest BCUT2D eigenvalue weighted by atomic mass is 9.93. The second-order valence-electron chi connectivity index (χ2n) is 5.71. The highest BCUT2D eigenvalue weighted by Crippen LogP contribution is 2.40. The zero-order valence-corrected chi connectivity index (χ0v) is 13.7. The summed E-state index contributed by atoms with van der Waals surface area (Å²) in [5, 5.41) is 5.19. The van der Waals surface area contributed by atoms with E-state index in [1.807, 2.05) is 31.3 Å². The van der Waals surface area contributed by atoms with Crippen LogP contribution in [0, 0.1) is 0 Å². The maximum absolute atomic E-state index is 6.19. The molecular weight excluding hydrogens is 296 g/mol. The molecule has 2 aliphatic rings. The zero-order chi connectivity index (χ0) is 16.5. The SMILES string of the molecule is CN=c1ccc2c(-c3ccccc3)c3ccc(NC)cc3oc-2c1. The summed E-state index contributed by atoms with van der Waals surface area (Å²) < 4.78 is 6.19. The summed E-state index contributed by atoms with van der Waals surface area (Å²) in [5.74, 6) is 0.845. The molecule has 0 aromatic heterocycles. The average Bonchev–Trinajstić information content (AvgIpc) is 2.65. The Balaban J connectivity index is 2.16. The average molecular weight is 314 g/mol. The molecule has 3 heteroatoms. The van der Waals surface area contributed by atoms with Crippen molar-refractivity contribution in [3.63, 3.8) is 0 Å². The highest BCUT2D eigenvalue weighted by atomic mass is 16.3. The molecule has 0 spiro atoms. The third-order valence-corrected chi connectivity index (χ3v) is 4.31. The molecule has 0 amide bonds. The topological polar surface area (TPSA) is 37.5 Å². The van der Waals surface area contributed by atoms with Gasteiger partial charge in [0.05, 0.1) is 5.36 Å². The fourth-order valence-electron chi connectivity index (χ4n) is 3.09. The van der Waals surface area contributed by atoms with Crippen molar-refractivity contribution < 1.29 is 4.42 Å². The van der Waals surface area contributed by atoms with Gasteiger partial charge in [0.1, 0.15) is 11.3 Å². The van der Waals surface area contributed by atoms with Gasteiger partial charge in [0.15, 0.2) is 0 Å². The van der Waals surface area contributed by atoms with Crippen LogP contribution in [0.3, 0.4) is 0 Å². The summed E-state index contributed by atoms with van der Waals surface area (Å²) in [4.78, 5) is 4.26. The number of nitrogens with zero attached hydrogens (tertiary/aromatic N) is 1. The predicted octanol–water partition coefficient (Wildman–Crippen LogP) is 4.78. The van der Waals surface area contributed by atoms with Gasteiger partial charge in [-0.05, 0) is 29.8 Å². The van der Waals surface area contributed by atoms with Crippen LogP contribution >= 0.6 is 0 Å². The van der Waals surface area contributed by atoms with Gasteiger partial charge in [-0.25, -0.2) is 0 Å². The lowest BCUT2D eigenvalue weighted by Gasteiger charge is -2.16. The van der Waals surface area contributed by atoms with E-state index >= 15 is 0 Å². The molecule has 2 aromatic carbocycles. The van der Waals surface area contributed by atoms with E-state index in [1.165, 1.54) is 11.1 Å².